The number of rotatable bonds is 13. The second kappa shape index (κ2) is 12.1. The molecular weight excluding hydrogens is 414 g/mol. The van der Waals surface area contributed by atoms with Crippen LogP contribution in [0.1, 0.15) is 77.4 Å². The van der Waals surface area contributed by atoms with Crippen molar-refractivity contribution >= 4 is 23.0 Å². The van der Waals surface area contributed by atoms with Crippen molar-refractivity contribution < 1.29 is 24.5 Å². The third-order valence-electron chi connectivity index (χ3n) is 5.90. The van der Waals surface area contributed by atoms with E-state index in [1.807, 2.05) is 0 Å². The standard InChI is InChI=1S/C22H35N5O5/c1-2-3-4-5-6-7-8-9-10-11-16(29)32-19-15(12-28)31-22(18(19)30)27-14-26-17-20(23)24-13-25-21(17)27/h13-15,18-19,22,28,30H,2-12H2,1H3,(H2,23,24,25)/t15-,18-,19-,22-/m1/s1. The number of aliphatic hydroxyl groups excluding tert-OH is 2. The Bertz CT molecular complexity index is 860. The second-order valence-corrected chi connectivity index (χ2v) is 8.35. The molecule has 0 bridgehead atoms. The molecule has 2 aromatic heterocycles. The Morgan fingerprint density at radius 3 is 2.50 bits per heavy atom. The highest BCUT2D eigenvalue weighted by atomic mass is 16.6. The summed E-state index contributed by atoms with van der Waals surface area (Å²) in [5.41, 5.74) is 6.59. The Morgan fingerprint density at radius 1 is 1.12 bits per heavy atom. The van der Waals surface area contributed by atoms with Gasteiger partial charge in [-0.25, -0.2) is 15.0 Å². The van der Waals surface area contributed by atoms with Crippen LogP contribution in [0.3, 0.4) is 0 Å². The first-order valence-corrected chi connectivity index (χ1v) is 11.6. The molecule has 4 atom stereocenters. The number of esters is 1. The Labute approximate surface area is 188 Å². The summed E-state index contributed by atoms with van der Waals surface area (Å²) in [5, 5.41) is 20.5. The molecule has 32 heavy (non-hydrogen) atoms. The third-order valence-corrected chi connectivity index (χ3v) is 5.90. The van der Waals surface area contributed by atoms with Gasteiger partial charge < -0.3 is 25.4 Å². The Balaban J connectivity index is 1.47. The molecular formula is C22H35N5O5. The number of hydrogen-bond donors (Lipinski definition) is 3. The van der Waals surface area contributed by atoms with Crippen LogP contribution in [0.5, 0.6) is 0 Å². The Kier molecular flexibility index (Phi) is 9.19. The van der Waals surface area contributed by atoms with Crippen molar-refractivity contribution in [2.75, 3.05) is 12.3 Å². The lowest BCUT2D eigenvalue weighted by molar-refractivity contribution is -0.156. The fourth-order valence-corrected chi connectivity index (χ4v) is 4.09. The molecule has 178 valence electrons. The fraction of sp³-hybridized carbons (Fsp3) is 0.727. The van der Waals surface area contributed by atoms with Crippen LogP contribution in [0.2, 0.25) is 0 Å². The van der Waals surface area contributed by atoms with E-state index < -0.39 is 37.1 Å². The minimum Gasteiger partial charge on any atom is -0.457 e. The van der Waals surface area contributed by atoms with Gasteiger partial charge in [-0.2, -0.15) is 0 Å². The number of anilines is 1. The topological polar surface area (TPSA) is 146 Å². The minimum absolute atomic E-state index is 0.212. The van der Waals surface area contributed by atoms with Crippen molar-refractivity contribution in [2.24, 2.45) is 0 Å². The second-order valence-electron chi connectivity index (χ2n) is 8.35. The van der Waals surface area contributed by atoms with Crippen LogP contribution >= 0.6 is 0 Å². The molecule has 10 heteroatoms. The highest BCUT2D eigenvalue weighted by Gasteiger charge is 2.47. The van der Waals surface area contributed by atoms with Crippen LogP contribution in [0, 0.1) is 0 Å². The van der Waals surface area contributed by atoms with E-state index in [0.717, 1.165) is 19.3 Å². The van der Waals surface area contributed by atoms with Gasteiger partial charge in [0.1, 0.15) is 24.1 Å². The molecule has 1 aliphatic rings. The lowest BCUT2D eigenvalue weighted by Crippen LogP contribution is -2.37. The lowest BCUT2D eigenvalue weighted by atomic mass is 10.1. The molecule has 0 spiro atoms. The average molecular weight is 450 g/mol. The normalized spacial score (nSPS) is 23.1. The SMILES string of the molecule is CCCCCCCCCCCC(=O)O[C@H]1[C@@H](O)[C@H](n2cnc3c(N)ncnc32)O[C@@H]1CO. The molecule has 0 aromatic carbocycles. The van der Waals surface area contributed by atoms with Gasteiger partial charge in [0.25, 0.3) is 0 Å². The molecule has 2 aromatic rings. The maximum Gasteiger partial charge on any atom is 0.306 e. The Morgan fingerprint density at radius 2 is 1.81 bits per heavy atom. The smallest absolute Gasteiger partial charge is 0.306 e. The summed E-state index contributed by atoms with van der Waals surface area (Å²) < 4.78 is 12.8. The molecule has 0 unspecified atom stereocenters. The number of unbranched alkanes of at least 4 members (excludes halogenated alkanes) is 8. The van der Waals surface area contributed by atoms with Crippen LogP contribution in [-0.2, 0) is 14.3 Å². The van der Waals surface area contributed by atoms with E-state index in [2.05, 4.69) is 21.9 Å². The average Bonchev–Trinajstić information content (AvgIpc) is 3.35. The third kappa shape index (κ3) is 5.93. The minimum atomic E-state index is -1.19. The number of fused-ring (bicyclic) bond motifs is 1. The molecule has 1 saturated heterocycles. The number of carbonyl (C=O) groups is 1. The molecule has 0 radical (unpaired) electrons. The first-order valence-electron chi connectivity index (χ1n) is 11.6. The van der Waals surface area contributed by atoms with E-state index in [1.165, 1.54) is 55.7 Å². The number of aliphatic hydroxyl groups is 2. The number of aromatic nitrogens is 4. The number of nitrogens with zero attached hydrogens (tertiary/aromatic N) is 4. The van der Waals surface area contributed by atoms with Gasteiger partial charge in [0, 0.05) is 6.42 Å². The number of imidazole rings is 1. The molecule has 1 aliphatic heterocycles. The van der Waals surface area contributed by atoms with Gasteiger partial charge in [-0.05, 0) is 6.42 Å². The Hall–Kier alpha value is -2.30. The van der Waals surface area contributed by atoms with Crippen molar-refractivity contribution in [3.63, 3.8) is 0 Å². The quantitative estimate of drug-likeness (QED) is 0.310. The molecule has 0 saturated carbocycles. The van der Waals surface area contributed by atoms with Gasteiger partial charge in [0.05, 0.1) is 12.9 Å². The van der Waals surface area contributed by atoms with Crippen molar-refractivity contribution in [3.05, 3.63) is 12.7 Å². The maximum atomic E-state index is 12.3. The van der Waals surface area contributed by atoms with E-state index in [9.17, 15) is 15.0 Å². The van der Waals surface area contributed by atoms with Crippen molar-refractivity contribution in [3.8, 4) is 0 Å². The summed E-state index contributed by atoms with van der Waals surface area (Å²) in [6.45, 7) is 1.82. The molecule has 0 amide bonds. The van der Waals surface area contributed by atoms with E-state index in [4.69, 9.17) is 15.2 Å². The highest BCUT2D eigenvalue weighted by Crippen LogP contribution is 2.33. The van der Waals surface area contributed by atoms with E-state index in [1.54, 1.807) is 0 Å². The lowest BCUT2D eigenvalue weighted by Gasteiger charge is -2.20. The van der Waals surface area contributed by atoms with Gasteiger partial charge in [0.2, 0.25) is 0 Å². The fourth-order valence-electron chi connectivity index (χ4n) is 4.09. The summed E-state index contributed by atoms with van der Waals surface area (Å²) in [4.78, 5) is 24.6. The van der Waals surface area contributed by atoms with Crippen molar-refractivity contribution in [1.29, 1.82) is 0 Å². The van der Waals surface area contributed by atoms with E-state index in [0.29, 0.717) is 11.2 Å². The zero-order valence-electron chi connectivity index (χ0n) is 18.7. The monoisotopic (exact) mass is 449 g/mol. The zero-order chi connectivity index (χ0) is 22.9. The number of nitrogen functional groups attached to an aromatic ring is 1. The van der Waals surface area contributed by atoms with Gasteiger partial charge in [-0.15, -0.1) is 0 Å². The van der Waals surface area contributed by atoms with Crippen molar-refractivity contribution in [1.82, 2.24) is 19.5 Å². The first kappa shape index (κ1) is 24.3. The largest absolute Gasteiger partial charge is 0.457 e. The number of hydrogen-bond acceptors (Lipinski definition) is 9. The number of carbonyl (C=O) groups excluding carboxylic acids is 1. The maximum absolute atomic E-state index is 12.3. The van der Waals surface area contributed by atoms with Crippen LogP contribution in [0.4, 0.5) is 5.82 Å². The highest BCUT2D eigenvalue weighted by molar-refractivity contribution is 5.81. The summed E-state index contributed by atoms with van der Waals surface area (Å²) in [6, 6.07) is 0. The predicted molar refractivity (Wildman–Crippen MR) is 118 cm³/mol. The molecule has 3 heterocycles. The zero-order valence-corrected chi connectivity index (χ0v) is 18.7. The van der Waals surface area contributed by atoms with Crippen LogP contribution < -0.4 is 5.73 Å². The van der Waals surface area contributed by atoms with Gasteiger partial charge in [-0.1, -0.05) is 58.3 Å². The molecule has 10 nitrogen and oxygen atoms in total. The van der Waals surface area contributed by atoms with Crippen LogP contribution in [0.25, 0.3) is 11.2 Å². The first-order chi connectivity index (χ1) is 15.6. The van der Waals surface area contributed by atoms with E-state index >= 15 is 0 Å². The van der Waals surface area contributed by atoms with Crippen LogP contribution in [0.15, 0.2) is 12.7 Å². The van der Waals surface area contributed by atoms with Gasteiger partial charge >= 0.3 is 5.97 Å². The van der Waals surface area contributed by atoms with Crippen molar-refractivity contribution in [2.45, 2.75) is 95.7 Å². The molecule has 0 aliphatic carbocycles. The number of ether oxygens (including phenoxy) is 2. The molecule has 1 fully saturated rings. The summed E-state index contributed by atoms with van der Waals surface area (Å²) in [6.07, 6.45) is 9.47. The predicted octanol–water partition coefficient (Wildman–Crippen LogP) is 2.49. The summed E-state index contributed by atoms with van der Waals surface area (Å²) in [5.74, 6) is -0.189. The van der Waals surface area contributed by atoms with Gasteiger partial charge in [0.15, 0.2) is 23.8 Å². The molecule has 4 N–H and O–H groups in total. The van der Waals surface area contributed by atoms with Gasteiger partial charge in [-0.3, -0.25) is 9.36 Å². The van der Waals surface area contributed by atoms with E-state index in [-0.39, 0.29) is 12.2 Å². The van der Waals surface area contributed by atoms with Crippen LogP contribution in [-0.4, -0.2) is 60.6 Å². The number of nitrogens with two attached hydrogens (primary N) is 1. The summed E-state index contributed by atoms with van der Waals surface area (Å²) in [7, 11) is 0. The molecule has 3 rings (SSSR count). The summed E-state index contributed by atoms with van der Waals surface area (Å²) >= 11 is 0.